The van der Waals surface area contributed by atoms with Gasteiger partial charge in [-0.3, -0.25) is 9.89 Å². The van der Waals surface area contributed by atoms with E-state index >= 15 is 0 Å². The SMILES string of the molecule is C#Cc1cccc(OCC2CN(C(=O)C(=NOCC(=O)OCC)c3ccn[nH]3)CCO2)c1. The second-order valence-corrected chi connectivity index (χ2v) is 6.72. The lowest BCUT2D eigenvalue weighted by Gasteiger charge is -2.32. The van der Waals surface area contributed by atoms with E-state index in [4.69, 9.17) is 25.5 Å². The van der Waals surface area contributed by atoms with E-state index in [9.17, 15) is 9.59 Å². The van der Waals surface area contributed by atoms with Crippen LogP contribution in [0.4, 0.5) is 0 Å². The van der Waals surface area contributed by atoms with Crippen LogP contribution in [0.1, 0.15) is 18.2 Å². The zero-order valence-corrected chi connectivity index (χ0v) is 17.7. The Bertz CT molecular complexity index is 983. The Morgan fingerprint density at radius 2 is 2.28 bits per heavy atom. The number of benzene rings is 1. The third kappa shape index (κ3) is 6.33. The van der Waals surface area contributed by atoms with Crippen molar-refractivity contribution < 1.29 is 28.6 Å². The van der Waals surface area contributed by atoms with Gasteiger partial charge in [-0.25, -0.2) is 4.79 Å². The van der Waals surface area contributed by atoms with Crippen molar-refractivity contribution in [2.75, 3.05) is 39.5 Å². The summed E-state index contributed by atoms with van der Waals surface area (Å²) in [5, 5.41) is 10.4. The minimum Gasteiger partial charge on any atom is -0.491 e. The molecule has 0 aliphatic carbocycles. The maximum Gasteiger partial charge on any atom is 0.347 e. The number of aromatic nitrogens is 2. The molecule has 1 unspecified atom stereocenters. The van der Waals surface area contributed by atoms with Gasteiger partial charge in [0.1, 0.15) is 18.5 Å². The van der Waals surface area contributed by atoms with Gasteiger partial charge in [0.25, 0.3) is 5.91 Å². The lowest BCUT2D eigenvalue weighted by atomic mass is 10.2. The number of ether oxygens (including phenoxy) is 3. The van der Waals surface area contributed by atoms with Crippen LogP contribution in [0, 0.1) is 12.3 Å². The van der Waals surface area contributed by atoms with Gasteiger partial charge in [-0.15, -0.1) is 6.42 Å². The van der Waals surface area contributed by atoms with Crippen LogP contribution in [-0.2, 0) is 23.9 Å². The molecule has 1 atom stereocenters. The van der Waals surface area contributed by atoms with Crippen LogP contribution in [-0.4, -0.2) is 78.3 Å². The van der Waals surface area contributed by atoms with E-state index in [0.29, 0.717) is 36.7 Å². The normalized spacial score (nSPS) is 16.2. The summed E-state index contributed by atoms with van der Waals surface area (Å²) in [6, 6.07) is 8.77. The smallest absolute Gasteiger partial charge is 0.347 e. The summed E-state index contributed by atoms with van der Waals surface area (Å²) in [4.78, 5) is 31.2. The first-order chi connectivity index (χ1) is 15.6. The third-order valence-corrected chi connectivity index (χ3v) is 4.46. The van der Waals surface area contributed by atoms with E-state index in [1.54, 1.807) is 30.0 Å². The molecule has 32 heavy (non-hydrogen) atoms. The zero-order valence-electron chi connectivity index (χ0n) is 17.7. The Morgan fingerprint density at radius 1 is 1.41 bits per heavy atom. The highest BCUT2D eigenvalue weighted by Gasteiger charge is 2.29. The first-order valence-corrected chi connectivity index (χ1v) is 10.1. The Morgan fingerprint density at radius 3 is 3.03 bits per heavy atom. The number of rotatable bonds is 9. The first-order valence-electron chi connectivity index (χ1n) is 10.1. The van der Waals surface area contributed by atoms with Crippen LogP contribution in [0.15, 0.2) is 41.7 Å². The fourth-order valence-electron chi connectivity index (χ4n) is 2.96. The topological polar surface area (TPSA) is 115 Å². The van der Waals surface area contributed by atoms with Crippen LogP contribution in [0.5, 0.6) is 5.75 Å². The number of hydrogen-bond donors (Lipinski definition) is 1. The Labute approximate surface area is 185 Å². The molecule has 2 aromatic rings. The van der Waals surface area contributed by atoms with E-state index < -0.39 is 12.6 Å². The minimum absolute atomic E-state index is 0.00455. The van der Waals surface area contributed by atoms with E-state index in [1.165, 1.54) is 6.20 Å². The summed E-state index contributed by atoms with van der Waals surface area (Å²) in [5.41, 5.74) is 1.08. The summed E-state index contributed by atoms with van der Waals surface area (Å²) in [6.07, 6.45) is 6.56. The lowest BCUT2D eigenvalue weighted by molar-refractivity contribution is -0.148. The highest BCUT2D eigenvalue weighted by Crippen LogP contribution is 2.15. The average Bonchev–Trinajstić information content (AvgIpc) is 3.35. The standard InChI is InChI=1S/C22H24N4O6/c1-3-16-6-5-7-17(12-16)31-14-18-13-26(10-11-30-18)22(28)21(19-8-9-23-24-19)25-32-15-20(27)29-4-2/h1,5-9,12,18H,4,10-11,13-15H2,2H3,(H,23,24). The predicted molar refractivity (Wildman–Crippen MR) is 114 cm³/mol. The maximum atomic E-state index is 13.1. The van der Waals surface area contributed by atoms with E-state index in [-0.39, 0.29) is 30.9 Å². The monoisotopic (exact) mass is 440 g/mol. The second-order valence-electron chi connectivity index (χ2n) is 6.72. The largest absolute Gasteiger partial charge is 0.491 e. The van der Waals surface area contributed by atoms with Crippen molar-refractivity contribution in [1.82, 2.24) is 15.1 Å². The van der Waals surface area contributed by atoms with Gasteiger partial charge in [0.2, 0.25) is 6.61 Å². The van der Waals surface area contributed by atoms with Crippen LogP contribution in [0.25, 0.3) is 0 Å². The van der Waals surface area contributed by atoms with Crippen LogP contribution in [0.3, 0.4) is 0 Å². The highest BCUT2D eigenvalue weighted by molar-refractivity contribution is 6.44. The summed E-state index contributed by atoms with van der Waals surface area (Å²) in [6.45, 7) is 2.74. The lowest BCUT2D eigenvalue weighted by Crippen LogP contribution is -2.50. The van der Waals surface area contributed by atoms with Gasteiger partial charge in [0, 0.05) is 18.3 Å². The minimum atomic E-state index is -0.579. The summed E-state index contributed by atoms with van der Waals surface area (Å²) in [5.74, 6) is 2.22. The van der Waals surface area contributed by atoms with Gasteiger partial charge >= 0.3 is 5.97 Å². The molecule has 10 heteroatoms. The fraction of sp³-hybridized carbons (Fsp3) is 0.364. The number of carbonyl (C=O) groups excluding carboxylic acids is 2. The van der Waals surface area contributed by atoms with Crippen molar-refractivity contribution in [2.24, 2.45) is 5.16 Å². The van der Waals surface area contributed by atoms with Crippen molar-refractivity contribution in [1.29, 1.82) is 0 Å². The van der Waals surface area contributed by atoms with Gasteiger partial charge in [-0.05, 0) is 31.2 Å². The van der Waals surface area contributed by atoms with E-state index in [2.05, 4.69) is 21.3 Å². The number of carbonyl (C=O) groups is 2. The van der Waals surface area contributed by atoms with Crippen LogP contribution in [0.2, 0.25) is 0 Å². The molecule has 0 spiro atoms. The van der Waals surface area contributed by atoms with Crippen LogP contribution < -0.4 is 4.74 Å². The quantitative estimate of drug-likeness (QED) is 0.267. The Balaban J connectivity index is 1.62. The van der Waals surface area contributed by atoms with E-state index in [0.717, 1.165) is 0 Å². The summed E-state index contributed by atoms with van der Waals surface area (Å²) < 4.78 is 16.3. The Hall–Kier alpha value is -3.84. The van der Waals surface area contributed by atoms with Crippen molar-refractivity contribution in [3.05, 3.63) is 47.8 Å². The number of esters is 1. The van der Waals surface area contributed by atoms with Crippen molar-refractivity contribution in [3.63, 3.8) is 0 Å². The molecule has 2 heterocycles. The molecule has 1 saturated heterocycles. The average molecular weight is 440 g/mol. The summed E-state index contributed by atoms with van der Waals surface area (Å²) >= 11 is 0. The van der Waals surface area contributed by atoms with Crippen molar-refractivity contribution in [3.8, 4) is 18.1 Å². The highest BCUT2D eigenvalue weighted by atomic mass is 16.7. The molecule has 0 saturated carbocycles. The molecule has 3 rings (SSSR count). The predicted octanol–water partition coefficient (Wildman–Crippen LogP) is 0.981. The van der Waals surface area contributed by atoms with Gasteiger partial charge in [0.05, 0.1) is 25.5 Å². The number of amides is 1. The van der Waals surface area contributed by atoms with Gasteiger partial charge in [-0.1, -0.05) is 17.1 Å². The third-order valence-electron chi connectivity index (χ3n) is 4.46. The number of hydrogen-bond acceptors (Lipinski definition) is 8. The maximum absolute atomic E-state index is 13.1. The van der Waals surface area contributed by atoms with Crippen LogP contribution >= 0.6 is 0 Å². The first kappa shape index (κ1) is 22.8. The van der Waals surface area contributed by atoms with Gasteiger partial charge in [0.15, 0.2) is 5.71 Å². The molecule has 1 N–H and O–H groups in total. The Kier molecular flexibility index (Phi) is 8.22. The molecule has 1 fully saturated rings. The molecular weight excluding hydrogens is 416 g/mol. The molecule has 0 radical (unpaired) electrons. The zero-order chi connectivity index (χ0) is 22.8. The molecular formula is C22H24N4O6. The number of terminal acetylenes is 1. The second kappa shape index (κ2) is 11.5. The van der Waals surface area contributed by atoms with Gasteiger partial charge < -0.3 is 23.9 Å². The number of nitrogens with one attached hydrogen (secondary N) is 1. The number of morpholine rings is 1. The van der Waals surface area contributed by atoms with Crippen molar-refractivity contribution in [2.45, 2.75) is 13.0 Å². The molecule has 1 aliphatic rings. The molecule has 1 amide bonds. The number of nitrogens with zero attached hydrogens (tertiary/aromatic N) is 3. The molecule has 1 aromatic carbocycles. The fourth-order valence-corrected chi connectivity index (χ4v) is 2.96. The number of aromatic amines is 1. The number of oxime groups is 1. The molecule has 1 aromatic heterocycles. The molecule has 168 valence electrons. The summed E-state index contributed by atoms with van der Waals surface area (Å²) in [7, 11) is 0. The van der Waals surface area contributed by atoms with Gasteiger partial charge in [-0.2, -0.15) is 5.10 Å². The molecule has 1 aliphatic heterocycles. The molecule has 0 bridgehead atoms. The van der Waals surface area contributed by atoms with E-state index in [1.807, 2.05) is 12.1 Å². The molecule has 10 nitrogen and oxygen atoms in total. The van der Waals surface area contributed by atoms with Crippen molar-refractivity contribution >= 4 is 17.6 Å². The number of H-pyrrole nitrogens is 1.